The fraction of sp³-hybridized carbons (Fsp3) is 0.136. The molecule has 0 spiro atoms. The number of anilines is 1. The second kappa shape index (κ2) is 21.3. The van der Waals surface area contributed by atoms with Gasteiger partial charge >= 0.3 is 0 Å². The maximum atomic E-state index is 6.45. The Morgan fingerprint density at radius 3 is 2.03 bits per heavy atom. The highest BCUT2D eigenvalue weighted by atomic mass is 14.9. The number of hydrogen-bond acceptors (Lipinski definition) is 2. The lowest BCUT2D eigenvalue weighted by atomic mass is 9.86. The van der Waals surface area contributed by atoms with Crippen molar-refractivity contribution < 1.29 is 0 Å². The molecule has 0 aliphatic heterocycles. The largest absolute Gasteiger partial charge is 0.398 e. The number of nitrogens with zero attached hydrogens (tertiary/aromatic N) is 2. The smallest absolute Gasteiger partial charge is 0.0709 e. The lowest BCUT2D eigenvalue weighted by Crippen LogP contribution is -2.10. The molecule has 8 aromatic rings. The van der Waals surface area contributed by atoms with E-state index < -0.39 is 0 Å². The molecule has 0 saturated carbocycles. The van der Waals surface area contributed by atoms with Gasteiger partial charge in [-0.25, -0.2) is 4.99 Å². The number of para-hydroxylation sites is 1. The maximum absolute atomic E-state index is 6.45. The Kier molecular flexibility index (Phi) is 15.3. The van der Waals surface area contributed by atoms with Crippen molar-refractivity contribution in [3.05, 3.63) is 246 Å². The monoisotopic (exact) mass is 809 g/mol. The number of hydrogen-bond donors (Lipinski definition) is 1. The van der Waals surface area contributed by atoms with Crippen LogP contribution in [0.2, 0.25) is 0 Å². The number of aryl methyl sites for hydroxylation is 2. The van der Waals surface area contributed by atoms with E-state index in [-0.39, 0.29) is 5.41 Å². The van der Waals surface area contributed by atoms with Crippen LogP contribution in [-0.2, 0) is 11.8 Å². The van der Waals surface area contributed by atoms with E-state index >= 15 is 0 Å². The molecular weight excluding hydrogens is 751 g/mol. The number of rotatable bonds is 9. The van der Waals surface area contributed by atoms with Crippen LogP contribution in [0.5, 0.6) is 0 Å². The topological polar surface area (TPSA) is 43.3 Å². The summed E-state index contributed by atoms with van der Waals surface area (Å²) >= 11 is 0. The number of benzene rings is 7. The van der Waals surface area contributed by atoms with E-state index in [4.69, 9.17) is 10.7 Å². The summed E-state index contributed by atoms with van der Waals surface area (Å²) in [6, 6.07) is 55.0. The summed E-state index contributed by atoms with van der Waals surface area (Å²) in [5.41, 5.74) is 19.4. The zero-order valence-electron chi connectivity index (χ0n) is 37.1. The summed E-state index contributed by atoms with van der Waals surface area (Å²) in [5.74, 6) is 0. The van der Waals surface area contributed by atoms with Crippen molar-refractivity contribution >= 4 is 55.9 Å². The number of allylic oxidation sites excluding steroid dienone is 8. The first-order valence-electron chi connectivity index (χ1n) is 21.4. The molecular formula is C59H59N3. The molecule has 0 bridgehead atoms. The summed E-state index contributed by atoms with van der Waals surface area (Å²) in [5, 5.41) is 4.89. The van der Waals surface area contributed by atoms with Gasteiger partial charge in [0.15, 0.2) is 0 Å². The molecule has 0 saturated heterocycles. The van der Waals surface area contributed by atoms with E-state index in [2.05, 4.69) is 179 Å². The van der Waals surface area contributed by atoms with Crippen LogP contribution in [0, 0.1) is 13.8 Å². The summed E-state index contributed by atoms with van der Waals surface area (Å²) in [6.07, 6.45) is 18.7. The van der Waals surface area contributed by atoms with Crippen LogP contribution in [0.3, 0.4) is 0 Å². The Morgan fingerprint density at radius 2 is 1.32 bits per heavy atom. The number of fused-ring (bicyclic) bond motifs is 4. The predicted octanol–water partition coefficient (Wildman–Crippen LogP) is 15.9. The minimum Gasteiger partial charge on any atom is -0.398 e. The first kappa shape index (κ1) is 44.3. The Labute approximate surface area is 369 Å². The lowest BCUT2D eigenvalue weighted by molar-refractivity contribution is 0.590. The van der Waals surface area contributed by atoms with Gasteiger partial charge in [0.05, 0.1) is 22.4 Å². The summed E-state index contributed by atoms with van der Waals surface area (Å²) in [7, 11) is 0. The number of aliphatic imine (C=N–C) groups is 1. The Morgan fingerprint density at radius 1 is 0.629 bits per heavy atom. The summed E-state index contributed by atoms with van der Waals surface area (Å²) in [6.45, 7) is 16.7. The predicted molar refractivity (Wildman–Crippen MR) is 273 cm³/mol. The average molecular weight is 810 g/mol. The zero-order chi connectivity index (χ0) is 43.9. The fourth-order valence-electron chi connectivity index (χ4n) is 7.27. The van der Waals surface area contributed by atoms with Crippen LogP contribution in [0.15, 0.2) is 218 Å². The van der Waals surface area contributed by atoms with E-state index in [0.29, 0.717) is 0 Å². The molecule has 0 radical (unpaired) electrons. The standard InChI is InChI=1S/C29H26N2.C19H17N.C11H16/c1-2-3-5-14-28(24-11-6-4-7-12-24)31-26-19-15-22(16-20-26)21-25-18-17-23-10-8-9-13-27(23)29(25)30;1-3-4-5-8-13-20-18-10-7-6-9-16(18)17-14-15(2)11-12-19(17)20;1-9-6-5-7-10(8-9)11(2,3)4/h2-20H,21,30H2,1H3;3-14H,1H2,2H3;5-8H,1-4H3/b3-2-,14-5-,31-28?;5-4-,13-8-;. The van der Waals surface area contributed by atoms with Crippen molar-refractivity contribution in [3.63, 3.8) is 0 Å². The van der Waals surface area contributed by atoms with Crippen LogP contribution in [0.25, 0.3) is 38.8 Å². The van der Waals surface area contributed by atoms with Gasteiger partial charge in [0.1, 0.15) is 0 Å². The van der Waals surface area contributed by atoms with Crippen molar-refractivity contribution in [2.45, 2.75) is 53.4 Å². The van der Waals surface area contributed by atoms with E-state index in [1.54, 1.807) is 6.08 Å². The zero-order valence-corrected chi connectivity index (χ0v) is 37.1. The van der Waals surface area contributed by atoms with Gasteiger partial charge in [-0.3, -0.25) is 0 Å². The average Bonchev–Trinajstić information content (AvgIpc) is 3.59. The fourth-order valence-corrected chi connectivity index (χ4v) is 7.27. The molecule has 3 nitrogen and oxygen atoms in total. The van der Waals surface area contributed by atoms with Gasteiger partial charge in [-0.1, -0.05) is 202 Å². The van der Waals surface area contributed by atoms with Crippen LogP contribution in [-0.4, -0.2) is 10.3 Å². The van der Waals surface area contributed by atoms with Gasteiger partial charge in [0, 0.05) is 33.6 Å². The molecule has 0 aliphatic carbocycles. The number of nitrogens with two attached hydrogens (primary N) is 1. The maximum Gasteiger partial charge on any atom is 0.0709 e. The van der Waals surface area contributed by atoms with Gasteiger partial charge in [-0.2, -0.15) is 0 Å². The van der Waals surface area contributed by atoms with Crippen molar-refractivity contribution in [3.8, 4) is 0 Å². The van der Waals surface area contributed by atoms with Gasteiger partial charge in [-0.15, -0.1) is 0 Å². The molecule has 0 amide bonds. The van der Waals surface area contributed by atoms with E-state index in [1.807, 2.05) is 79.8 Å². The molecule has 7 aromatic carbocycles. The minimum atomic E-state index is 0.284. The van der Waals surface area contributed by atoms with Crippen molar-refractivity contribution in [1.82, 2.24) is 4.57 Å². The van der Waals surface area contributed by atoms with Crippen LogP contribution in [0.1, 0.15) is 61.1 Å². The second-order valence-corrected chi connectivity index (χ2v) is 16.4. The van der Waals surface area contributed by atoms with Gasteiger partial charge in [0.2, 0.25) is 0 Å². The first-order chi connectivity index (χ1) is 30.0. The molecule has 0 atom stereocenters. The minimum absolute atomic E-state index is 0.284. The Balaban J connectivity index is 0.000000176. The van der Waals surface area contributed by atoms with Crippen molar-refractivity contribution in [2.75, 3.05) is 5.73 Å². The lowest BCUT2D eigenvalue weighted by Gasteiger charge is -2.19. The third-order valence-electron chi connectivity index (χ3n) is 10.6. The first-order valence-corrected chi connectivity index (χ1v) is 21.4. The molecule has 3 heteroatoms. The van der Waals surface area contributed by atoms with E-state index in [9.17, 15) is 0 Å². The quantitative estimate of drug-likeness (QED) is 0.0881. The highest BCUT2D eigenvalue weighted by Crippen LogP contribution is 2.30. The molecule has 0 unspecified atom stereocenters. The van der Waals surface area contributed by atoms with Crippen molar-refractivity contribution in [2.24, 2.45) is 4.99 Å². The van der Waals surface area contributed by atoms with Gasteiger partial charge in [0.25, 0.3) is 0 Å². The number of aromatic nitrogens is 1. The molecule has 2 N–H and O–H groups in total. The SMILES string of the molecule is C/C=C\C=C/C(=Nc1ccc(Cc2ccc3ccccc3c2N)cc1)c1ccccc1.C=C/C=C\C=C/n1c2ccccc2c2cc(C)ccc21.Cc1cccc(C(C)(C)C)c1. The van der Waals surface area contributed by atoms with E-state index in [0.717, 1.165) is 40.0 Å². The van der Waals surface area contributed by atoms with Gasteiger partial charge in [-0.05, 0) is 97.2 Å². The summed E-state index contributed by atoms with van der Waals surface area (Å²) < 4.78 is 2.23. The third kappa shape index (κ3) is 11.7. The normalized spacial score (nSPS) is 12.1. The number of nitrogen functional groups attached to an aromatic ring is 1. The second-order valence-electron chi connectivity index (χ2n) is 16.4. The van der Waals surface area contributed by atoms with Crippen molar-refractivity contribution in [1.29, 1.82) is 0 Å². The van der Waals surface area contributed by atoms with Crippen LogP contribution >= 0.6 is 0 Å². The molecule has 1 aromatic heterocycles. The Bertz CT molecular complexity index is 2890. The molecule has 8 rings (SSSR count). The molecule has 0 fully saturated rings. The molecule has 62 heavy (non-hydrogen) atoms. The molecule has 0 aliphatic rings. The van der Waals surface area contributed by atoms with E-state index in [1.165, 1.54) is 49.4 Å². The van der Waals surface area contributed by atoms with Crippen LogP contribution < -0.4 is 5.73 Å². The third-order valence-corrected chi connectivity index (χ3v) is 10.6. The molecule has 1 heterocycles. The highest BCUT2D eigenvalue weighted by molar-refractivity contribution is 6.10. The highest BCUT2D eigenvalue weighted by Gasteiger charge is 2.12. The van der Waals surface area contributed by atoms with Gasteiger partial charge < -0.3 is 10.3 Å². The summed E-state index contributed by atoms with van der Waals surface area (Å²) in [4.78, 5) is 4.88. The Hall–Kier alpha value is -7.23. The van der Waals surface area contributed by atoms with Crippen LogP contribution in [0.4, 0.5) is 11.4 Å². The molecule has 310 valence electrons.